The van der Waals surface area contributed by atoms with E-state index >= 15 is 0 Å². The maximum absolute atomic E-state index is 12.1. The minimum Gasteiger partial charge on any atom is -0.461 e. The number of hydrogen-bond acceptors (Lipinski definition) is 3. The Kier molecular flexibility index (Phi) is 5.55. The summed E-state index contributed by atoms with van der Waals surface area (Å²) in [6, 6.07) is 0. The van der Waals surface area contributed by atoms with E-state index in [2.05, 4.69) is 11.9 Å². The summed E-state index contributed by atoms with van der Waals surface area (Å²) in [6.45, 7) is 12.2. The quantitative estimate of drug-likeness (QED) is 0.641. The second kappa shape index (κ2) is 6.93. The summed E-state index contributed by atoms with van der Waals surface area (Å²) >= 11 is 0. The van der Waals surface area contributed by atoms with Gasteiger partial charge in [-0.2, -0.15) is 0 Å². The van der Waals surface area contributed by atoms with Gasteiger partial charge in [0.25, 0.3) is 5.91 Å². The van der Waals surface area contributed by atoms with Crippen LogP contribution in [0, 0.1) is 13.8 Å². The van der Waals surface area contributed by atoms with E-state index < -0.39 is 5.97 Å². The summed E-state index contributed by atoms with van der Waals surface area (Å²) in [6.07, 6.45) is 1.69. The number of carbonyl (C=O) groups is 2. The Hall–Kier alpha value is -2.04. The zero-order valence-electron chi connectivity index (χ0n) is 12.6. The molecule has 1 aromatic heterocycles. The zero-order valence-corrected chi connectivity index (χ0v) is 12.6. The van der Waals surface area contributed by atoms with Crippen molar-refractivity contribution in [2.75, 3.05) is 13.2 Å². The fourth-order valence-corrected chi connectivity index (χ4v) is 2.30. The van der Waals surface area contributed by atoms with E-state index in [9.17, 15) is 9.59 Å². The smallest absolute Gasteiger partial charge is 0.355 e. The van der Waals surface area contributed by atoms with Crippen LogP contribution in [-0.4, -0.2) is 29.6 Å². The number of aromatic nitrogens is 1. The monoisotopic (exact) mass is 278 g/mol. The van der Waals surface area contributed by atoms with Gasteiger partial charge >= 0.3 is 5.97 Å². The standard InChI is InChI=1S/C15H22N2O3/c1-6-9-17-11(5)12(14(18)16-7-2)10(4)13(17)15(19)20-8-3/h6H,1,7-9H2,2-5H3,(H,16,18). The first-order valence-electron chi connectivity index (χ1n) is 6.75. The molecule has 0 aliphatic heterocycles. The van der Waals surface area contributed by atoms with Gasteiger partial charge in [0.05, 0.1) is 12.2 Å². The molecule has 110 valence electrons. The Labute approximate surface area is 119 Å². The number of ether oxygens (including phenoxy) is 1. The number of nitrogens with one attached hydrogen (secondary N) is 1. The molecular formula is C15H22N2O3. The van der Waals surface area contributed by atoms with Crippen LogP contribution in [0.15, 0.2) is 12.7 Å². The van der Waals surface area contributed by atoms with Gasteiger partial charge in [0.1, 0.15) is 5.69 Å². The number of carbonyl (C=O) groups excluding carboxylic acids is 2. The molecule has 1 amide bonds. The zero-order chi connectivity index (χ0) is 15.3. The number of amides is 1. The van der Waals surface area contributed by atoms with E-state index in [-0.39, 0.29) is 5.91 Å². The van der Waals surface area contributed by atoms with Gasteiger partial charge in [0.2, 0.25) is 0 Å². The van der Waals surface area contributed by atoms with Gasteiger partial charge in [-0.1, -0.05) is 6.08 Å². The number of esters is 1. The highest BCUT2D eigenvalue weighted by molar-refractivity contribution is 6.01. The highest BCUT2D eigenvalue weighted by atomic mass is 16.5. The molecule has 0 atom stereocenters. The van der Waals surface area contributed by atoms with Crippen molar-refractivity contribution in [3.63, 3.8) is 0 Å². The van der Waals surface area contributed by atoms with Crippen LogP contribution in [0.1, 0.15) is 46.0 Å². The Morgan fingerprint density at radius 3 is 2.50 bits per heavy atom. The molecule has 5 heteroatoms. The molecule has 5 nitrogen and oxygen atoms in total. The topological polar surface area (TPSA) is 60.3 Å². The van der Waals surface area contributed by atoms with Gasteiger partial charge in [-0.25, -0.2) is 4.79 Å². The third-order valence-electron chi connectivity index (χ3n) is 3.11. The lowest BCUT2D eigenvalue weighted by molar-refractivity contribution is 0.0513. The fourth-order valence-electron chi connectivity index (χ4n) is 2.30. The molecule has 1 aromatic rings. The van der Waals surface area contributed by atoms with E-state index in [4.69, 9.17) is 4.74 Å². The number of allylic oxidation sites excluding steroid dienone is 1. The molecule has 0 spiro atoms. The lowest BCUT2D eigenvalue weighted by Crippen LogP contribution is -2.24. The average Bonchev–Trinajstić information content (AvgIpc) is 2.62. The van der Waals surface area contributed by atoms with Crippen LogP contribution >= 0.6 is 0 Å². The van der Waals surface area contributed by atoms with Crippen LogP contribution in [0.2, 0.25) is 0 Å². The molecule has 0 aliphatic carbocycles. The van der Waals surface area contributed by atoms with E-state index in [0.29, 0.717) is 36.5 Å². The first kappa shape index (κ1) is 16.0. The highest BCUT2D eigenvalue weighted by Gasteiger charge is 2.26. The fraction of sp³-hybridized carbons (Fsp3) is 0.467. The molecule has 0 saturated carbocycles. The normalized spacial score (nSPS) is 10.2. The van der Waals surface area contributed by atoms with Crippen molar-refractivity contribution < 1.29 is 14.3 Å². The molecular weight excluding hydrogens is 256 g/mol. The van der Waals surface area contributed by atoms with Crippen molar-refractivity contribution in [2.24, 2.45) is 0 Å². The molecule has 1 N–H and O–H groups in total. The van der Waals surface area contributed by atoms with Gasteiger partial charge in [0, 0.05) is 18.8 Å². The van der Waals surface area contributed by atoms with Crippen molar-refractivity contribution in [1.82, 2.24) is 9.88 Å². The molecule has 0 saturated heterocycles. The molecule has 0 aromatic carbocycles. The molecule has 20 heavy (non-hydrogen) atoms. The molecule has 0 aliphatic rings. The minimum atomic E-state index is -0.412. The van der Waals surface area contributed by atoms with Gasteiger partial charge in [-0.05, 0) is 33.3 Å². The van der Waals surface area contributed by atoms with E-state index in [1.165, 1.54) is 0 Å². The lowest BCUT2D eigenvalue weighted by atomic mass is 10.1. The molecule has 0 unspecified atom stereocenters. The molecule has 0 radical (unpaired) electrons. The first-order chi connectivity index (χ1) is 9.49. The summed E-state index contributed by atoms with van der Waals surface area (Å²) in [5.74, 6) is -0.582. The van der Waals surface area contributed by atoms with Crippen LogP contribution in [0.5, 0.6) is 0 Å². The first-order valence-corrected chi connectivity index (χ1v) is 6.75. The summed E-state index contributed by atoms with van der Waals surface area (Å²) in [5.41, 5.74) is 2.35. The van der Waals surface area contributed by atoms with Crippen LogP contribution in [0.25, 0.3) is 0 Å². The number of nitrogens with zero attached hydrogens (tertiary/aromatic N) is 1. The van der Waals surface area contributed by atoms with Crippen LogP contribution < -0.4 is 5.32 Å². The SMILES string of the molecule is C=CCn1c(C)c(C(=O)NCC)c(C)c1C(=O)OCC. The van der Waals surface area contributed by atoms with Gasteiger partial charge < -0.3 is 14.6 Å². The summed E-state index contributed by atoms with van der Waals surface area (Å²) in [4.78, 5) is 24.2. The van der Waals surface area contributed by atoms with Crippen LogP contribution in [-0.2, 0) is 11.3 Å². The van der Waals surface area contributed by atoms with E-state index in [1.54, 1.807) is 24.5 Å². The third kappa shape index (κ3) is 2.92. The van der Waals surface area contributed by atoms with Crippen LogP contribution in [0.4, 0.5) is 0 Å². The molecule has 1 rings (SSSR count). The summed E-state index contributed by atoms with van der Waals surface area (Å²) in [7, 11) is 0. The summed E-state index contributed by atoms with van der Waals surface area (Å²) < 4.78 is 6.85. The Morgan fingerprint density at radius 1 is 1.35 bits per heavy atom. The second-order valence-electron chi connectivity index (χ2n) is 4.41. The van der Waals surface area contributed by atoms with Gasteiger partial charge in [0.15, 0.2) is 0 Å². The highest BCUT2D eigenvalue weighted by Crippen LogP contribution is 2.23. The number of hydrogen-bond donors (Lipinski definition) is 1. The van der Waals surface area contributed by atoms with Crippen molar-refractivity contribution >= 4 is 11.9 Å². The minimum absolute atomic E-state index is 0.170. The van der Waals surface area contributed by atoms with Gasteiger partial charge in [-0.15, -0.1) is 6.58 Å². The molecule has 0 fully saturated rings. The largest absolute Gasteiger partial charge is 0.461 e. The van der Waals surface area contributed by atoms with E-state index in [1.807, 2.05) is 13.8 Å². The number of rotatable bonds is 6. The van der Waals surface area contributed by atoms with Crippen molar-refractivity contribution in [2.45, 2.75) is 34.2 Å². The van der Waals surface area contributed by atoms with Crippen molar-refractivity contribution in [3.8, 4) is 0 Å². The van der Waals surface area contributed by atoms with Crippen molar-refractivity contribution in [3.05, 3.63) is 35.2 Å². The van der Waals surface area contributed by atoms with Gasteiger partial charge in [-0.3, -0.25) is 4.79 Å². The average molecular weight is 278 g/mol. The van der Waals surface area contributed by atoms with E-state index in [0.717, 1.165) is 5.69 Å². The predicted molar refractivity (Wildman–Crippen MR) is 78.1 cm³/mol. The maximum Gasteiger partial charge on any atom is 0.355 e. The summed E-state index contributed by atoms with van der Waals surface area (Å²) in [5, 5.41) is 2.77. The Balaban J connectivity index is 3.41. The van der Waals surface area contributed by atoms with Crippen LogP contribution in [0.3, 0.4) is 0 Å². The molecule has 1 heterocycles. The second-order valence-corrected chi connectivity index (χ2v) is 4.41. The Morgan fingerprint density at radius 2 is 2.00 bits per heavy atom. The maximum atomic E-state index is 12.1. The lowest BCUT2D eigenvalue weighted by Gasteiger charge is -2.08. The molecule has 0 bridgehead atoms. The Bertz CT molecular complexity index is 530. The predicted octanol–water partition coefficient (Wildman–Crippen LogP) is 2.22. The van der Waals surface area contributed by atoms with Crippen molar-refractivity contribution in [1.29, 1.82) is 0 Å². The third-order valence-corrected chi connectivity index (χ3v) is 3.11.